The first-order valence-electron chi connectivity index (χ1n) is 11.2. The van der Waals surface area contributed by atoms with Gasteiger partial charge in [0, 0.05) is 38.1 Å². The molecule has 6 rings (SSSR count). The fraction of sp³-hybridized carbons (Fsp3) is 0.292. The predicted molar refractivity (Wildman–Crippen MR) is 126 cm³/mol. The molecule has 4 heterocycles. The number of rotatable bonds is 4. The average Bonchev–Trinajstić information content (AvgIpc) is 3.57. The Labute approximate surface area is 190 Å². The number of anilines is 2. The monoisotopic (exact) mass is 443 g/mol. The Kier molecular flexibility index (Phi) is 5.04. The summed E-state index contributed by atoms with van der Waals surface area (Å²) in [5.41, 5.74) is 6.35. The van der Waals surface area contributed by atoms with Gasteiger partial charge in [-0.25, -0.2) is 9.78 Å². The number of hydrogen-bond donors (Lipinski definition) is 3. The van der Waals surface area contributed by atoms with Crippen LogP contribution in [0.1, 0.15) is 11.1 Å². The van der Waals surface area contributed by atoms with Crippen molar-refractivity contribution in [3.8, 4) is 11.5 Å². The molecular weight excluding hydrogens is 418 g/mol. The Hall–Kier alpha value is -3.69. The van der Waals surface area contributed by atoms with Crippen LogP contribution in [0.5, 0.6) is 0 Å². The van der Waals surface area contributed by atoms with Crippen LogP contribution in [-0.2, 0) is 17.7 Å². The molecule has 9 heteroatoms. The molecule has 2 aromatic carbocycles. The number of para-hydroxylation sites is 1. The third-order valence-electron chi connectivity index (χ3n) is 6.30. The minimum Gasteiger partial charge on any atom is -0.379 e. The molecule has 0 aliphatic carbocycles. The molecule has 0 saturated carbocycles. The maximum absolute atomic E-state index is 13.0. The summed E-state index contributed by atoms with van der Waals surface area (Å²) in [5, 5.41) is 10.2. The van der Waals surface area contributed by atoms with Gasteiger partial charge in [0.2, 0.25) is 0 Å². The van der Waals surface area contributed by atoms with Gasteiger partial charge < -0.3 is 15.0 Å². The zero-order valence-corrected chi connectivity index (χ0v) is 18.2. The van der Waals surface area contributed by atoms with Crippen LogP contribution in [0.2, 0.25) is 0 Å². The molecule has 2 aromatic heterocycles. The van der Waals surface area contributed by atoms with Gasteiger partial charge >= 0.3 is 6.03 Å². The summed E-state index contributed by atoms with van der Waals surface area (Å²) >= 11 is 0. The second-order valence-corrected chi connectivity index (χ2v) is 8.43. The lowest BCUT2D eigenvalue weighted by atomic mass is 10.2. The van der Waals surface area contributed by atoms with Gasteiger partial charge in [-0.2, -0.15) is 5.10 Å². The van der Waals surface area contributed by atoms with Gasteiger partial charge in [-0.15, -0.1) is 0 Å². The molecule has 3 N–H and O–H groups in total. The quantitative estimate of drug-likeness (QED) is 0.449. The van der Waals surface area contributed by atoms with Crippen molar-refractivity contribution < 1.29 is 9.53 Å². The highest BCUT2D eigenvalue weighted by molar-refractivity contribution is 6.04. The molecule has 1 fully saturated rings. The number of nitrogens with one attached hydrogen (secondary N) is 3. The minimum absolute atomic E-state index is 0.175. The summed E-state index contributed by atoms with van der Waals surface area (Å²) in [6.07, 6.45) is 2.55. The van der Waals surface area contributed by atoms with Crippen LogP contribution in [-0.4, -0.2) is 63.9 Å². The number of imidazole rings is 1. The highest BCUT2D eigenvalue weighted by Gasteiger charge is 2.25. The van der Waals surface area contributed by atoms with Crippen molar-refractivity contribution in [1.82, 2.24) is 25.1 Å². The molecule has 2 aliphatic heterocycles. The molecule has 0 spiro atoms. The Morgan fingerprint density at radius 2 is 2.00 bits per heavy atom. The van der Waals surface area contributed by atoms with E-state index in [0.717, 1.165) is 56.0 Å². The normalized spacial score (nSPS) is 16.3. The molecule has 1 saturated heterocycles. The topological polar surface area (TPSA) is 102 Å². The first-order valence-corrected chi connectivity index (χ1v) is 11.2. The van der Waals surface area contributed by atoms with E-state index in [4.69, 9.17) is 9.72 Å². The number of hydrogen-bond acceptors (Lipinski definition) is 5. The van der Waals surface area contributed by atoms with Gasteiger partial charge in [-0.3, -0.25) is 14.9 Å². The average molecular weight is 444 g/mol. The van der Waals surface area contributed by atoms with Gasteiger partial charge in [-0.05, 0) is 35.7 Å². The SMILES string of the molecule is O=C(Nc1c[nH]nc1-c1nc2cc(CN3CCOCC3)ccc2[nH]1)N1CCc2ccccc21. The van der Waals surface area contributed by atoms with Crippen molar-refractivity contribution in [2.75, 3.05) is 43.1 Å². The predicted octanol–water partition coefficient (Wildman–Crippen LogP) is 3.38. The van der Waals surface area contributed by atoms with Gasteiger partial charge in [0.1, 0.15) is 0 Å². The second-order valence-electron chi connectivity index (χ2n) is 8.43. The van der Waals surface area contributed by atoms with E-state index < -0.39 is 0 Å². The summed E-state index contributed by atoms with van der Waals surface area (Å²) in [5.74, 6) is 0.617. The lowest BCUT2D eigenvalue weighted by Crippen LogP contribution is -2.35. The van der Waals surface area contributed by atoms with E-state index in [1.165, 1.54) is 11.1 Å². The molecule has 0 bridgehead atoms. The highest BCUT2D eigenvalue weighted by atomic mass is 16.5. The largest absolute Gasteiger partial charge is 0.379 e. The van der Waals surface area contributed by atoms with Crippen molar-refractivity contribution in [3.05, 3.63) is 59.8 Å². The zero-order valence-electron chi connectivity index (χ0n) is 18.2. The van der Waals surface area contributed by atoms with E-state index in [1.54, 1.807) is 11.1 Å². The van der Waals surface area contributed by atoms with Crippen molar-refractivity contribution >= 4 is 28.4 Å². The van der Waals surface area contributed by atoms with Crippen LogP contribution in [0, 0.1) is 0 Å². The van der Waals surface area contributed by atoms with Crippen LogP contribution in [0.15, 0.2) is 48.7 Å². The van der Waals surface area contributed by atoms with Gasteiger partial charge in [0.15, 0.2) is 11.5 Å². The zero-order chi connectivity index (χ0) is 22.2. The molecule has 0 radical (unpaired) electrons. The number of aromatic amines is 2. The summed E-state index contributed by atoms with van der Waals surface area (Å²) in [6, 6.07) is 14.1. The van der Waals surface area contributed by atoms with E-state index in [1.807, 2.05) is 24.3 Å². The van der Waals surface area contributed by atoms with Crippen LogP contribution in [0.3, 0.4) is 0 Å². The number of ether oxygens (including phenoxy) is 1. The maximum Gasteiger partial charge on any atom is 0.326 e. The number of carbonyl (C=O) groups is 1. The smallest absolute Gasteiger partial charge is 0.326 e. The number of carbonyl (C=O) groups excluding carboxylic acids is 1. The number of H-pyrrole nitrogens is 2. The third-order valence-corrected chi connectivity index (χ3v) is 6.30. The number of amides is 2. The lowest BCUT2D eigenvalue weighted by Gasteiger charge is -2.26. The second kappa shape index (κ2) is 8.34. The summed E-state index contributed by atoms with van der Waals surface area (Å²) in [6.45, 7) is 5.00. The summed E-state index contributed by atoms with van der Waals surface area (Å²) < 4.78 is 5.44. The maximum atomic E-state index is 13.0. The van der Waals surface area contributed by atoms with Crippen LogP contribution in [0.25, 0.3) is 22.6 Å². The molecule has 168 valence electrons. The fourth-order valence-corrected chi connectivity index (χ4v) is 4.58. The Morgan fingerprint density at radius 1 is 1.12 bits per heavy atom. The minimum atomic E-state index is -0.175. The molecule has 0 atom stereocenters. The van der Waals surface area contributed by atoms with Crippen LogP contribution >= 0.6 is 0 Å². The molecule has 2 aliphatic rings. The van der Waals surface area contributed by atoms with Gasteiger partial charge in [0.05, 0.1) is 29.9 Å². The van der Waals surface area contributed by atoms with Gasteiger partial charge in [-0.1, -0.05) is 24.3 Å². The molecule has 9 nitrogen and oxygen atoms in total. The Morgan fingerprint density at radius 3 is 2.91 bits per heavy atom. The fourth-order valence-electron chi connectivity index (χ4n) is 4.58. The number of benzene rings is 2. The van der Waals surface area contributed by atoms with E-state index >= 15 is 0 Å². The first-order chi connectivity index (χ1) is 16.2. The molecular formula is C24H25N7O2. The van der Waals surface area contributed by atoms with E-state index in [2.05, 4.69) is 43.6 Å². The number of nitrogens with zero attached hydrogens (tertiary/aromatic N) is 4. The Bertz CT molecular complexity index is 1310. The first kappa shape index (κ1) is 20.0. The van der Waals surface area contributed by atoms with E-state index in [-0.39, 0.29) is 6.03 Å². The van der Waals surface area contributed by atoms with Crippen molar-refractivity contribution in [3.63, 3.8) is 0 Å². The Balaban J connectivity index is 1.22. The van der Waals surface area contributed by atoms with Crippen molar-refractivity contribution in [2.24, 2.45) is 0 Å². The van der Waals surface area contributed by atoms with E-state index in [9.17, 15) is 4.79 Å². The highest BCUT2D eigenvalue weighted by Crippen LogP contribution is 2.30. The molecule has 4 aromatic rings. The summed E-state index contributed by atoms with van der Waals surface area (Å²) in [4.78, 5) is 25.2. The summed E-state index contributed by atoms with van der Waals surface area (Å²) in [7, 11) is 0. The van der Waals surface area contributed by atoms with Crippen LogP contribution < -0.4 is 10.2 Å². The molecule has 0 unspecified atom stereocenters. The van der Waals surface area contributed by atoms with Crippen molar-refractivity contribution in [2.45, 2.75) is 13.0 Å². The molecule has 33 heavy (non-hydrogen) atoms. The van der Waals surface area contributed by atoms with Crippen LogP contribution in [0.4, 0.5) is 16.2 Å². The lowest BCUT2D eigenvalue weighted by molar-refractivity contribution is 0.0342. The van der Waals surface area contributed by atoms with E-state index in [0.29, 0.717) is 23.8 Å². The molecule has 2 amide bonds. The van der Waals surface area contributed by atoms with Gasteiger partial charge in [0.25, 0.3) is 0 Å². The number of fused-ring (bicyclic) bond motifs is 2. The number of aromatic nitrogens is 4. The standard InChI is InChI=1S/C24H25N7O2/c32-24(31-8-7-17-3-1-2-4-21(17)31)28-20-14-25-29-22(20)23-26-18-6-5-16(13-19(18)27-23)15-30-9-11-33-12-10-30/h1-6,13-14H,7-12,15H2,(H,25,29)(H,26,27)(H,28,32). The number of urea groups is 1. The van der Waals surface area contributed by atoms with Crippen molar-refractivity contribution in [1.29, 1.82) is 0 Å². The third kappa shape index (κ3) is 3.85. The number of morpholine rings is 1.